The van der Waals surface area contributed by atoms with E-state index in [0.29, 0.717) is 0 Å². The lowest BCUT2D eigenvalue weighted by Gasteiger charge is -1.94. The molecule has 0 unspecified atom stereocenters. The largest absolute Gasteiger partial charge is 0.481 e. The molecule has 0 radical (unpaired) electrons. The molecule has 0 atom stereocenters. The fourth-order valence-electron chi connectivity index (χ4n) is 0.755. The van der Waals surface area contributed by atoms with E-state index in [2.05, 4.69) is 13.2 Å². The smallest absolute Gasteiger partial charge is 0.335 e. The summed E-state index contributed by atoms with van der Waals surface area (Å²) in [5.41, 5.74) is 0.167. The number of hydrogen-bond donors (Lipinski definition) is 4. The second-order valence-corrected chi connectivity index (χ2v) is 3.68. The third-order valence-electron chi connectivity index (χ3n) is 1.98. The van der Waals surface area contributed by atoms with E-state index in [-0.39, 0.29) is 24.0 Å². The molecule has 4 N–H and O–H groups in total. The lowest BCUT2D eigenvalue weighted by atomic mass is 10.1. The van der Waals surface area contributed by atoms with Gasteiger partial charge in [-0.05, 0) is 24.3 Å². The highest BCUT2D eigenvalue weighted by molar-refractivity contribution is 5.91. The Hall–Kier alpha value is -3.16. The minimum absolute atomic E-state index is 0.0833. The molecule has 8 heteroatoms. The molecule has 0 aliphatic heterocycles. The maximum Gasteiger partial charge on any atom is 0.335 e. The predicted octanol–water partition coefficient (Wildman–Crippen LogP) is 2.85. The Labute approximate surface area is 139 Å². The molecule has 24 heavy (non-hydrogen) atoms. The molecule has 0 fully saturated rings. The number of carbonyl (C=O) groups is 4. The molecule has 8 nitrogen and oxygen atoms in total. The summed E-state index contributed by atoms with van der Waals surface area (Å²) in [7, 11) is 0. The average Bonchev–Trinajstić information content (AvgIpc) is 2.57. The van der Waals surface area contributed by atoms with Crippen molar-refractivity contribution in [2.45, 2.75) is 26.7 Å². The molecule has 1 rings (SSSR count). The molecule has 1 aromatic carbocycles. The van der Waals surface area contributed by atoms with Crippen LogP contribution >= 0.6 is 0 Å². The number of aliphatic carboxylic acids is 2. The van der Waals surface area contributed by atoms with Gasteiger partial charge >= 0.3 is 23.9 Å². The molecule has 0 aliphatic carbocycles. The second-order valence-electron chi connectivity index (χ2n) is 3.68. The first-order valence-corrected chi connectivity index (χ1v) is 6.65. The monoisotopic (exact) mass is 342 g/mol. The number of benzene rings is 1. The van der Waals surface area contributed by atoms with Crippen LogP contribution in [0.25, 0.3) is 0 Å². The molecule has 0 bridgehead atoms. The van der Waals surface area contributed by atoms with Crippen molar-refractivity contribution in [3.63, 3.8) is 0 Å². The minimum atomic E-state index is -1.06. The Balaban J connectivity index is -0.000000308. The van der Waals surface area contributed by atoms with Gasteiger partial charge in [0, 0.05) is 12.8 Å². The van der Waals surface area contributed by atoms with Crippen LogP contribution in [0.1, 0.15) is 47.4 Å². The van der Waals surface area contributed by atoms with Gasteiger partial charge in [0.1, 0.15) is 0 Å². The van der Waals surface area contributed by atoms with Gasteiger partial charge in [-0.15, -0.1) is 13.2 Å². The summed E-state index contributed by atoms with van der Waals surface area (Å²) in [5.74, 6) is -3.62. The predicted molar refractivity (Wildman–Crippen MR) is 87.5 cm³/mol. The number of carboxylic acid groups (broad SMARTS) is 4. The van der Waals surface area contributed by atoms with Gasteiger partial charge in [0.25, 0.3) is 0 Å². The van der Waals surface area contributed by atoms with Gasteiger partial charge in [0.05, 0.1) is 11.1 Å². The van der Waals surface area contributed by atoms with E-state index in [9.17, 15) is 19.2 Å². The Bertz CT molecular complexity index is 472. The third kappa shape index (κ3) is 16.9. The van der Waals surface area contributed by atoms with Crippen LogP contribution in [0.3, 0.4) is 0 Å². The summed E-state index contributed by atoms with van der Waals surface area (Å²) in [6.07, 6.45) is 0.444. The van der Waals surface area contributed by atoms with Crippen molar-refractivity contribution < 1.29 is 39.6 Å². The van der Waals surface area contributed by atoms with Crippen molar-refractivity contribution in [1.82, 2.24) is 0 Å². The standard InChI is InChI=1S/C8H6O4.2C3H6O2.C2H4/c9-7(10)5-1-2-6(4-3-5)8(11)12;2*1-2-3(4)5;1-2/h1-4H,(H,9,10)(H,11,12);2*2H2,1H3,(H,4,5);1-2H2. The lowest BCUT2D eigenvalue weighted by molar-refractivity contribution is -0.137. The Morgan fingerprint density at radius 2 is 0.875 bits per heavy atom. The number of hydrogen-bond acceptors (Lipinski definition) is 4. The van der Waals surface area contributed by atoms with E-state index in [1.807, 2.05) is 0 Å². The topological polar surface area (TPSA) is 149 Å². The van der Waals surface area contributed by atoms with Gasteiger partial charge < -0.3 is 20.4 Å². The van der Waals surface area contributed by atoms with Crippen LogP contribution < -0.4 is 0 Å². The average molecular weight is 342 g/mol. The maximum atomic E-state index is 10.3. The van der Waals surface area contributed by atoms with Gasteiger partial charge in [0.15, 0.2) is 0 Å². The molecule has 1 aromatic rings. The molecule has 0 saturated carbocycles. The highest BCUT2D eigenvalue weighted by Crippen LogP contribution is 2.03. The lowest BCUT2D eigenvalue weighted by Crippen LogP contribution is -1.99. The van der Waals surface area contributed by atoms with Crippen molar-refractivity contribution in [2.24, 2.45) is 0 Å². The van der Waals surface area contributed by atoms with Crippen LogP contribution in [0.4, 0.5) is 0 Å². The summed E-state index contributed by atoms with van der Waals surface area (Å²) in [4.78, 5) is 39.4. The highest BCUT2D eigenvalue weighted by atomic mass is 16.4. The Kier molecular flexibility index (Phi) is 17.4. The summed E-state index contributed by atoms with van der Waals surface area (Å²) in [5, 5.41) is 32.4. The van der Waals surface area contributed by atoms with E-state index < -0.39 is 23.9 Å². The highest BCUT2D eigenvalue weighted by Gasteiger charge is 2.04. The van der Waals surface area contributed by atoms with Crippen LogP contribution in [0.5, 0.6) is 0 Å². The van der Waals surface area contributed by atoms with E-state index in [0.717, 1.165) is 0 Å². The van der Waals surface area contributed by atoms with Crippen molar-refractivity contribution in [1.29, 1.82) is 0 Å². The van der Waals surface area contributed by atoms with Crippen molar-refractivity contribution in [3.05, 3.63) is 48.6 Å². The van der Waals surface area contributed by atoms with Crippen LogP contribution in [0.15, 0.2) is 37.4 Å². The molecule has 134 valence electrons. The molecular formula is C16H22O8. The van der Waals surface area contributed by atoms with Crippen LogP contribution in [0, 0.1) is 0 Å². The Morgan fingerprint density at radius 3 is 0.958 bits per heavy atom. The fourth-order valence-corrected chi connectivity index (χ4v) is 0.755. The van der Waals surface area contributed by atoms with E-state index in [1.54, 1.807) is 13.8 Å². The zero-order valence-corrected chi connectivity index (χ0v) is 13.6. The zero-order valence-electron chi connectivity index (χ0n) is 13.6. The fraction of sp³-hybridized carbons (Fsp3) is 0.250. The summed E-state index contributed by atoms with van der Waals surface area (Å²) in [6.45, 7) is 9.20. The van der Waals surface area contributed by atoms with Gasteiger partial charge in [0.2, 0.25) is 0 Å². The van der Waals surface area contributed by atoms with E-state index >= 15 is 0 Å². The first kappa shape index (κ1) is 25.8. The molecule has 0 heterocycles. The summed E-state index contributed by atoms with van der Waals surface area (Å²) in [6, 6.07) is 5.02. The van der Waals surface area contributed by atoms with Crippen molar-refractivity contribution in [2.75, 3.05) is 0 Å². The minimum Gasteiger partial charge on any atom is -0.481 e. The molecule has 0 aromatic heterocycles. The SMILES string of the molecule is C=C.CCC(=O)O.CCC(=O)O.O=C(O)c1ccc(C(=O)O)cc1. The molecule has 0 spiro atoms. The molecule has 0 amide bonds. The second kappa shape index (κ2) is 16.2. The summed E-state index contributed by atoms with van der Waals surface area (Å²) < 4.78 is 0. The quantitative estimate of drug-likeness (QED) is 0.610. The van der Waals surface area contributed by atoms with Crippen molar-refractivity contribution >= 4 is 23.9 Å². The maximum absolute atomic E-state index is 10.3. The van der Waals surface area contributed by atoms with Gasteiger partial charge in [-0.1, -0.05) is 13.8 Å². The van der Waals surface area contributed by atoms with E-state index in [4.69, 9.17) is 20.4 Å². The van der Waals surface area contributed by atoms with Crippen LogP contribution in [-0.4, -0.2) is 44.3 Å². The number of carboxylic acids is 4. The van der Waals surface area contributed by atoms with Gasteiger partial charge in [-0.3, -0.25) is 9.59 Å². The third-order valence-corrected chi connectivity index (χ3v) is 1.98. The zero-order chi connectivity index (χ0) is 19.7. The van der Waals surface area contributed by atoms with Crippen molar-refractivity contribution in [3.8, 4) is 0 Å². The molecule has 0 saturated heterocycles. The van der Waals surface area contributed by atoms with Gasteiger partial charge in [-0.25, -0.2) is 9.59 Å². The number of aromatic carboxylic acids is 2. The van der Waals surface area contributed by atoms with E-state index in [1.165, 1.54) is 24.3 Å². The Morgan fingerprint density at radius 1 is 0.708 bits per heavy atom. The first-order chi connectivity index (χ1) is 11.1. The molecule has 0 aliphatic rings. The molecular weight excluding hydrogens is 320 g/mol. The van der Waals surface area contributed by atoms with Crippen LogP contribution in [-0.2, 0) is 9.59 Å². The normalized spacial score (nSPS) is 7.92. The first-order valence-electron chi connectivity index (χ1n) is 6.65. The number of rotatable bonds is 4. The van der Waals surface area contributed by atoms with Crippen LogP contribution in [0.2, 0.25) is 0 Å². The summed E-state index contributed by atoms with van der Waals surface area (Å²) >= 11 is 0. The van der Waals surface area contributed by atoms with Gasteiger partial charge in [-0.2, -0.15) is 0 Å².